The fraction of sp³-hybridized carbons (Fsp3) is 0.200. The Hall–Kier alpha value is -2.48. The first-order valence-corrected chi connectivity index (χ1v) is 9.83. The Morgan fingerprint density at radius 3 is 2.96 bits per heavy atom. The first kappa shape index (κ1) is 17.6. The van der Waals surface area contributed by atoms with Crippen LogP contribution >= 0.6 is 22.9 Å². The minimum Gasteiger partial charge on any atom is -0.490 e. The third-order valence-corrected chi connectivity index (χ3v) is 6.15. The largest absolute Gasteiger partial charge is 0.490 e. The van der Waals surface area contributed by atoms with Gasteiger partial charge < -0.3 is 14.6 Å². The first-order chi connectivity index (χ1) is 13.6. The van der Waals surface area contributed by atoms with Crippen LogP contribution < -0.4 is 9.47 Å². The van der Waals surface area contributed by atoms with E-state index in [0.29, 0.717) is 21.9 Å². The van der Waals surface area contributed by atoms with Crippen LogP contribution in [0.5, 0.6) is 11.6 Å². The van der Waals surface area contributed by atoms with Crippen LogP contribution in [0, 0.1) is 6.92 Å². The molecule has 0 amide bonds. The predicted molar refractivity (Wildman–Crippen MR) is 109 cm³/mol. The minimum absolute atomic E-state index is 0.111. The maximum atomic E-state index is 9.69. The third-order valence-electron chi connectivity index (χ3n) is 4.71. The molecule has 3 heterocycles. The molecule has 0 saturated heterocycles. The van der Waals surface area contributed by atoms with Crippen molar-refractivity contribution >= 4 is 44.2 Å². The number of ether oxygens (including phenoxy) is 2. The van der Waals surface area contributed by atoms with E-state index in [0.717, 1.165) is 44.1 Å². The van der Waals surface area contributed by atoms with E-state index in [-0.39, 0.29) is 12.7 Å². The van der Waals surface area contributed by atoms with Gasteiger partial charge in [0.15, 0.2) is 0 Å². The molecule has 1 aliphatic heterocycles. The highest BCUT2D eigenvalue weighted by Gasteiger charge is 2.26. The number of fused-ring (bicyclic) bond motifs is 4. The van der Waals surface area contributed by atoms with Gasteiger partial charge in [-0.1, -0.05) is 11.6 Å². The van der Waals surface area contributed by atoms with E-state index in [1.807, 2.05) is 6.07 Å². The molecule has 0 saturated carbocycles. The molecule has 1 radical (unpaired) electrons. The molecule has 1 unspecified atom stereocenters. The summed E-state index contributed by atoms with van der Waals surface area (Å²) in [5.41, 5.74) is 4.67. The van der Waals surface area contributed by atoms with Crippen molar-refractivity contribution in [2.75, 3.05) is 7.11 Å². The van der Waals surface area contributed by atoms with Crippen LogP contribution in [0.2, 0.25) is 5.02 Å². The maximum Gasteiger partial charge on any atom is 0.232 e. The van der Waals surface area contributed by atoms with Gasteiger partial charge in [0.05, 0.1) is 40.7 Å². The summed E-state index contributed by atoms with van der Waals surface area (Å²) in [5, 5.41) is 11.0. The quantitative estimate of drug-likeness (QED) is 0.543. The van der Waals surface area contributed by atoms with E-state index < -0.39 is 0 Å². The highest BCUT2D eigenvalue weighted by molar-refractivity contribution is 7.22. The molecular formula is C20H15ClN3O3S. The highest BCUT2D eigenvalue weighted by atomic mass is 35.5. The van der Waals surface area contributed by atoms with Gasteiger partial charge in [0.2, 0.25) is 5.88 Å². The molecule has 2 aromatic carbocycles. The van der Waals surface area contributed by atoms with Crippen molar-refractivity contribution in [2.45, 2.75) is 19.1 Å². The van der Waals surface area contributed by atoms with Gasteiger partial charge in [-0.05, 0) is 24.6 Å². The molecular weight excluding hydrogens is 398 g/mol. The summed E-state index contributed by atoms with van der Waals surface area (Å²) >= 11 is 8.00. The lowest BCUT2D eigenvalue weighted by Gasteiger charge is -2.07. The number of aromatic nitrogens is 3. The van der Waals surface area contributed by atoms with Crippen molar-refractivity contribution in [3.05, 3.63) is 47.5 Å². The standard InChI is InChI=1S/C20H15ClN3O3S/c1-9-3-11-15(27-9)6-13(21)18-19(11)28-20(24-18)12-4-10(8-25)5-14-17(12)22-7-16(23-14)26-2/h4-7,9,25H,1,3,8H2,2H3. The van der Waals surface area contributed by atoms with E-state index in [2.05, 4.69) is 16.9 Å². The van der Waals surface area contributed by atoms with E-state index in [1.54, 1.807) is 25.4 Å². The maximum absolute atomic E-state index is 9.69. The Morgan fingerprint density at radius 1 is 1.32 bits per heavy atom. The van der Waals surface area contributed by atoms with E-state index in [1.165, 1.54) is 11.3 Å². The molecule has 8 heteroatoms. The molecule has 5 rings (SSSR count). The average Bonchev–Trinajstić information content (AvgIpc) is 3.30. The van der Waals surface area contributed by atoms with E-state index in [4.69, 9.17) is 26.1 Å². The zero-order chi connectivity index (χ0) is 19.4. The summed E-state index contributed by atoms with van der Waals surface area (Å²) in [6, 6.07) is 5.49. The Labute approximate surface area is 169 Å². The second-order valence-electron chi connectivity index (χ2n) is 6.56. The number of nitrogens with zero attached hydrogens (tertiary/aromatic N) is 3. The zero-order valence-electron chi connectivity index (χ0n) is 14.9. The second kappa shape index (κ2) is 6.55. The first-order valence-electron chi connectivity index (χ1n) is 8.64. The molecule has 28 heavy (non-hydrogen) atoms. The summed E-state index contributed by atoms with van der Waals surface area (Å²) in [5.74, 6) is 1.18. The number of halogens is 1. The minimum atomic E-state index is -0.126. The summed E-state index contributed by atoms with van der Waals surface area (Å²) in [7, 11) is 1.54. The van der Waals surface area contributed by atoms with Crippen molar-refractivity contribution < 1.29 is 14.6 Å². The Kier molecular flexibility index (Phi) is 4.12. The topological polar surface area (TPSA) is 77.4 Å². The van der Waals surface area contributed by atoms with Crippen molar-refractivity contribution in [2.24, 2.45) is 0 Å². The highest BCUT2D eigenvalue weighted by Crippen LogP contribution is 2.44. The number of hydrogen-bond donors (Lipinski definition) is 1. The number of hydrogen-bond acceptors (Lipinski definition) is 7. The van der Waals surface area contributed by atoms with Gasteiger partial charge in [-0.3, -0.25) is 0 Å². The number of aliphatic hydroxyl groups excluding tert-OH is 1. The molecule has 0 aliphatic carbocycles. The number of thiazole rings is 1. The fourth-order valence-corrected chi connectivity index (χ4v) is 4.90. The Balaban J connectivity index is 1.77. The third kappa shape index (κ3) is 2.70. The molecule has 0 bridgehead atoms. The van der Waals surface area contributed by atoms with Gasteiger partial charge in [-0.15, -0.1) is 11.3 Å². The number of aliphatic hydroxyl groups is 1. The van der Waals surface area contributed by atoms with Crippen LogP contribution in [0.25, 0.3) is 31.8 Å². The zero-order valence-corrected chi connectivity index (χ0v) is 16.5. The van der Waals surface area contributed by atoms with Crippen LogP contribution in [0.4, 0.5) is 0 Å². The molecule has 1 atom stereocenters. The summed E-state index contributed by atoms with van der Waals surface area (Å²) in [4.78, 5) is 13.7. The van der Waals surface area contributed by atoms with Crippen LogP contribution in [-0.4, -0.2) is 33.3 Å². The molecule has 4 aromatic rings. The van der Waals surface area contributed by atoms with Crippen LogP contribution in [0.1, 0.15) is 11.1 Å². The Bertz CT molecular complexity index is 1240. The summed E-state index contributed by atoms with van der Waals surface area (Å²) in [6.07, 6.45) is 2.17. The van der Waals surface area contributed by atoms with Crippen LogP contribution in [0.15, 0.2) is 24.4 Å². The summed E-state index contributed by atoms with van der Waals surface area (Å²) < 4.78 is 11.9. The lowest BCUT2D eigenvalue weighted by molar-refractivity contribution is 0.281. The molecule has 1 N–H and O–H groups in total. The summed E-state index contributed by atoms with van der Waals surface area (Å²) in [6.45, 7) is 3.88. The second-order valence-corrected chi connectivity index (χ2v) is 7.96. The lowest BCUT2D eigenvalue weighted by Crippen LogP contribution is -2.05. The molecule has 1 aliphatic rings. The smallest absolute Gasteiger partial charge is 0.232 e. The van der Waals surface area contributed by atoms with Crippen molar-refractivity contribution in [3.63, 3.8) is 0 Å². The van der Waals surface area contributed by atoms with Crippen LogP contribution in [0.3, 0.4) is 0 Å². The molecule has 141 valence electrons. The van der Waals surface area contributed by atoms with Crippen molar-refractivity contribution in [1.29, 1.82) is 0 Å². The monoisotopic (exact) mass is 412 g/mol. The van der Waals surface area contributed by atoms with Gasteiger partial charge in [0, 0.05) is 23.6 Å². The fourth-order valence-electron chi connectivity index (χ4n) is 3.45. The van der Waals surface area contributed by atoms with Gasteiger partial charge >= 0.3 is 0 Å². The number of rotatable bonds is 3. The van der Waals surface area contributed by atoms with E-state index >= 15 is 0 Å². The van der Waals surface area contributed by atoms with Gasteiger partial charge in [-0.2, -0.15) is 0 Å². The average molecular weight is 413 g/mol. The molecule has 0 spiro atoms. The van der Waals surface area contributed by atoms with Gasteiger partial charge in [-0.25, -0.2) is 15.0 Å². The molecule has 0 fully saturated rings. The van der Waals surface area contributed by atoms with E-state index in [9.17, 15) is 5.11 Å². The van der Waals surface area contributed by atoms with Gasteiger partial charge in [0.1, 0.15) is 22.4 Å². The van der Waals surface area contributed by atoms with Crippen molar-refractivity contribution in [3.8, 4) is 22.2 Å². The Morgan fingerprint density at radius 2 is 2.18 bits per heavy atom. The molecule has 6 nitrogen and oxygen atoms in total. The van der Waals surface area contributed by atoms with Gasteiger partial charge in [0.25, 0.3) is 0 Å². The number of methoxy groups -OCH3 is 1. The lowest BCUT2D eigenvalue weighted by atomic mass is 10.1. The number of benzene rings is 2. The van der Waals surface area contributed by atoms with Crippen molar-refractivity contribution in [1.82, 2.24) is 15.0 Å². The normalized spacial score (nSPS) is 15.8. The SMILES string of the molecule is [CH2]C1Cc2c(cc(Cl)c3nc(-c4cc(CO)cc5nc(OC)cnc45)sc23)O1. The molecule has 2 aromatic heterocycles. The van der Waals surface area contributed by atoms with Crippen LogP contribution in [-0.2, 0) is 13.0 Å². The predicted octanol–water partition coefficient (Wildman–Crippen LogP) is 4.20.